The van der Waals surface area contributed by atoms with Crippen LogP contribution in [0.5, 0.6) is 0 Å². The molecular weight excluding hydrogens is 330 g/mol. The molecule has 6 heteroatoms. The number of hydrogen-bond acceptors (Lipinski definition) is 4. The number of carbonyl (C=O) groups is 1. The Morgan fingerprint density at radius 2 is 1.87 bits per heavy atom. The van der Waals surface area contributed by atoms with Crippen LogP contribution in [0.2, 0.25) is 5.02 Å². The van der Waals surface area contributed by atoms with E-state index in [-0.39, 0.29) is 5.91 Å². The zero-order chi connectivity index (χ0) is 16.1. The Kier molecular flexibility index (Phi) is 5.10. The Labute approximate surface area is 143 Å². The Morgan fingerprint density at radius 3 is 2.61 bits per heavy atom. The summed E-state index contributed by atoms with van der Waals surface area (Å²) < 4.78 is 0. The molecule has 0 bridgehead atoms. The molecule has 0 saturated carbocycles. The van der Waals surface area contributed by atoms with E-state index in [0.29, 0.717) is 22.5 Å². The van der Waals surface area contributed by atoms with Crippen LogP contribution in [-0.4, -0.2) is 27.9 Å². The molecule has 2 aromatic carbocycles. The van der Waals surface area contributed by atoms with Crippen LogP contribution in [0, 0.1) is 0 Å². The summed E-state index contributed by atoms with van der Waals surface area (Å²) in [6.45, 7) is 0.516. The maximum atomic E-state index is 12.0. The van der Waals surface area contributed by atoms with E-state index < -0.39 is 0 Å². The van der Waals surface area contributed by atoms with Gasteiger partial charge in [0.15, 0.2) is 5.17 Å². The third-order valence-electron chi connectivity index (χ3n) is 3.26. The maximum Gasteiger partial charge on any atom is 0.239 e. The summed E-state index contributed by atoms with van der Waals surface area (Å²) in [5.41, 5.74) is 1.97. The van der Waals surface area contributed by atoms with Gasteiger partial charge in [0.05, 0.1) is 18.5 Å². The largest absolute Gasteiger partial charge is 0.285 e. The van der Waals surface area contributed by atoms with Crippen LogP contribution >= 0.6 is 23.4 Å². The molecule has 3 rings (SSSR count). The van der Waals surface area contributed by atoms with Gasteiger partial charge in [-0.3, -0.25) is 9.69 Å². The SMILES string of the molecule is O=C1CS/C(=N/N=C/c2ccc(Cl)cc2)N1Cc1ccccc1. The highest BCUT2D eigenvalue weighted by Gasteiger charge is 2.28. The Morgan fingerprint density at radius 1 is 1.13 bits per heavy atom. The molecule has 1 saturated heterocycles. The van der Waals surface area contributed by atoms with Gasteiger partial charge in [-0.2, -0.15) is 5.10 Å². The minimum atomic E-state index is 0.0549. The fourth-order valence-electron chi connectivity index (χ4n) is 2.09. The summed E-state index contributed by atoms with van der Waals surface area (Å²) in [6.07, 6.45) is 1.65. The molecule has 0 N–H and O–H groups in total. The minimum absolute atomic E-state index is 0.0549. The summed E-state index contributed by atoms with van der Waals surface area (Å²) >= 11 is 7.25. The molecule has 4 nitrogen and oxygen atoms in total. The highest BCUT2D eigenvalue weighted by molar-refractivity contribution is 8.15. The molecule has 2 aromatic rings. The predicted molar refractivity (Wildman–Crippen MR) is 95.9 cm³/mol. The third kappa shape index (κ3) is 4.21. The molecule has 0 spiro atoms. The highest BCUT2D eigenvalue weighted by Crippen LogP contribution is 2.22. The molecule has 1 amide bonds. The first-order chi connectivity index (χ1) is 11.2. The van der Waals surface area contributed by atoms with Crippen molar-refractivity contribution in [1.82, 2.24) is 4.90 Å². The average Bonchev–Trinajstić information content (AvgIpc) is 2.91. The number of rotatable bonds is 4. The van der Waals surface area contributed by atoms with Crippen LogP contribution in [0.1, 0.15) is 11.1 Å². The van der Waals surface area contributed by atoms with Crippen molar-refractivity contribution in [2.45, 2.75) is 6.54 Å². The van der Waals surface area contributed by atoms with Crippen molar-refractivity contribution in [1.29, 1.82) is 0 Å². The molecule has 0 radical (unpaired) electrons. The van der Waals surface area contributed by atoms with E-state index >= 15 is 0 Å². The van der Waals surface area contributed by atoms with Gasteiger partial charge in [-0.05, 0) is 23.3 Å². The lowest BCUT2D eigenvalue weighted by atomic mass is 10.2. The summed E-state index contributed by atoms with van der Waals surface area (Å²) in [5.74, 6) is 0.460. The number of benzene rings is 2. The van der Waals surface area contributed by atoms with Crippen LogP contribution in [0.3, 0.4) is 0 Å². The van der Waals surface area contributed by atoms with E-state index in [1.807, 2.05) is 42.5 Å². The highest BCUT2D eigenvalue weighted by atomic mass is 35.5. The van der Waals surface area contributed by atoms with Crippen LogP contribution in [0.4, 0.5) is 0 Å². The Balaban J connectivity index is 1.72. The Hall–Kier alpha value is -2.11. The topological polar surface area (TPSA) is 45.0 Å². The molecule has 0 aromatic heterocycles. The molecule has 1 fully saturated rings. The average molecular weight is 344 g/mol. The van der Waals surface area contributed by atoms with Gasteiger partial charge in [0.25, 0.3) is 0 Å². The second-order valence-electron chi connectivity index (χ2n) is 4.93. The van der Waals surface area contributed by atoms with E-state index in [4.69, 9.17) is 11.6 Å². The van der Waals surface area contributed by atoms with Crippen LogP contribution in [-0.2, 0) is 11.3 Å². The second kappa shape index (κ2) is 7.44. The smallest absolute Gasteiger partial charge is 0.239 e. The van der Waals surface area contributed by atoms with Crippen molar-refractivity contribution in [2.75, 3.05) is 5.75 Å². The van der Waals surface area contributed by atoms with E-state index in [1.54, 1.807) is 23.2 Å². The van der Waals surface area contributed by atoms with Gasteiger partial charge in [-0.1, -0.05) is 65.8 Å². The number of hydrogen-bond donors (Lipinski definition) is 0. The molecule has 23 heavy (non-hydrogen) atoms. The minimum Gasteiger partial charge on any atom is -0.285 e. The standard InChI is InChI=1S/C17H14ClN3OS/c18-15-8-6-13(7-9-15)10-19-20-17-21(16(22)12-23-17)11-14-4-2-1-3-5-14/h1-10H,11-12H2/b19-10+,20-17+. The summed E-state index contributed by atoms with van der Waals surface area (Å²) in [7, 11) is 0. The zero-order valence-electron chi connectivity index (χ0n) is 12.2. The van der Waals surface area contributed by atoms with Crippen molar-refractivity contribution in [3.8, 4) is 0 Å². The molecule has 0 unspecified atom stereocenters. The van der Waals surface area contributed by atoms with Crippen molar-refractivity contribution < 1.29 is 4.79 Å². The second-order valence-corrected chi connectivity index (χ2v) is 6.31. The lowest BCUT2D eigenvalue weighted by Crippen LogP contribution is -2.28. The van der Waals surface area contributed by atoms with E-state index in [9.17, 15) is 4.79 Å². The summed E-state index contributed by atoms with van der Waals surface area (Å²) in [4.78, 5) is 13.7. The summed E-state index contributed by atoms with van der Waals surface area (Å²) in [5, 5.41) is 9.58. The molecule has 116 valence electrons. The first-order valence-corrected chi connectivity index (χ1v) is 8.42. The number of amidine groups is 1. The van der Waals surface area contributed by atoms with E-state index in [0.717, 1.165) is 11.1 Å². The van der Waals surface area contributed by atoms with Gasteiger partial charge in [-0.25, -0.2) is 0 Å². The van der Waals surface area contributed by atoms with Crippen molar-refractivity contribution in [3.05, 3.63) is 70.7 Å². The fourth-order valence-corrected chi connectivity index (χ4v) is 3.05. The zero-order valence-corrected chi connectivity index (χ0v) is 13.8. The number of amides is 1. The lowest BCUT2D eigenvalue weighted by Gasteiger charge is -2.14. The first kappa shape index (κ1) is 15.8. The van der Waals surface area contributed by atoms with E-state index in [2.05, 4.69) is 10.2 Å². The number of halogens is 1. The van der Waals surface area contributed by atoms with Crippen LogP contribution in [0.15, 0.2) is 64.8 Å². The van der Waals surface area contributed by atoms with Gasteiger partial charge in [-0.15, -0.1) is 5.10 Å². The molecule has 1 heterocycles. The molecular formula is C17H14ClN3OS. The van der Waals surface area contributed by atoms with Gasteiger partial charge in [0.1, 0.15) is 0 Å². The lowest BCUT2D eigenvalue weighted by molar-refractivity contribution is -0.124. The molecule has 1 aliphatic heterocycles. The molecule has 1 aliphatic rings. The maximum absolute atomic E-state index is 12.0. The van der Waals surface area contributed by atoms with Crippen molar-refractivity contribution in [3.63, 3.8) is 0 Å². The first-order valence-electron chi connectivity index (χ1n) is 7.06. The Bertz CT molecular complexity index is 744. The fraction of sp³-hybridized carbons (Fsp3) is 0.118. The summed E-state index contributed by atoms with van der Waals surface area (Å²) in [6, 6.07) is 17.2. The molecule has 0 aliphatic carbocycles. The molecule has 0 atom stereocenters. The van der Waals surface area contributed by atoms with Gasteiger partial charge < -0.3 is 0 Å². The number of nitrogens with zero attached hydrogens (tertiary/aromatic N) is 3. The quantitative estimate of drug-likeness (QED) is 0.626. The van der Waals surface area contributed by atoms with Crippen LogP contribution in [0.25, 0.3) is 0 Å². The van der Waals surface area contributed by atoms with Crippen LogP contribution < -0.4 is 0 Å². The van der Waals surface area contributed by atoms with Gasteiger partial charge >= 0.3 is 0 Å². The number of carbonyl (C=O) groups excluding carboxylic acids is 1. The number of thioether (sulfide) groups is 1. The van der Waals surface area contributed by atoms with Gasteiger partial charge in [0.2, 0.25) is 5.91 Å². The normalized spacial score (nSPS) is 16.7. The van der Waals surface area contributed by atoms with Crippen molar-refractivity contribution >= 4 is 40.7 Å². The third-order valence-corrected chi connectivity index (χ3v) is 4.46. The van der Waals surface area contributed by atoms with Crippen molar-refractivity contribution in [2.24, 2.45) is 10.2 Å². The monoisotopic (exact) mass is 343 g/mol. The predicted octanol–water partition coefficient (Wildman–Crippen LogP) is 3.81. The van der Waals surface area contributed by atoms with Gasteiger partial charge in [0, 0.05) is 5.02 Å². The van der Waals surface area contributed by atoms with E-state index in [1.165, 1.54) is 11.8 Å².